The molecular formula is C15H20O3. The highest BCUT2D eigenvalue weighted by Crippen LogP contribution is 2.26. The lowest BCUT2D eigenvalue weighted by Gasteiger charge is -2.30. The van der Waals surface area contributed by atoms with Crippen molar-refractivity contribution in [2.24, 2.45) is 5.92 Å². The van der Waals surface area contributed by atoms with Gasteiger partial charge in [-0.15, -0.1) is 0 Å². The lowest BCUT2D eigenvalue weighted by Crippen LogP contribution is -2.41. The minimum absolute atomic E-state index is 0.00862. The lowest BCUT2D eigenvalue weighted by molar-refractivity contribution is -0.135. The van der Waals surface area contributed by atoms with E-state index in [0.717, 1.165) is 18.4 Å². The van der Waals surface area contributed by atoms with Crippen molar-refractivity contribution < 1.29 is 15.0 Å². The van der Waals surface area contributed by atoms with Gasteiger partial charge in [0.15, 0.2) is 0 Å². The highest BCUT2D eigenvalue weighted by atomic mass is 16.3. The number of aliphatic hydroxyl groups is 2. The van der Waals surface area contributed by atoms with E-state index >= 15 is 0 Å². The van der Waals surface area contributed by atoms with E-state index in [9.17, 15) is 15.0 Å². The van der Waals surface area contributed by atoms with Gasteiger partial charge in [-0.25, -0.2) is 0 Å². The van der Waals surface area contributed by atoms with Crippen LogP contribution in [0.25, 0.3) is 0 Å². The van der Waals surface area contributed by atoms with E-state index in [-0.39, 0.29) is 5.78 Å². The van der Waals surface area contributed by atoms with Crippen molar-refractivity contribution in [1.29, 1.82) is 0 Å². The maximum Gasteiger partial charge on any atom is 0.141 e. The Labute approximate surface area is 107 Å². The number of benzene rings is 1. The van der Waals surface area contributed by atoms with Gasteiger partial charge in [0.1, 0.15) is 5.78 Å². The van der Waals surface area contributed by atoms with E-state index in [0.29, 0.717) is 19.3 Å². The van der Waals surface area contributed by atoms with Gasteiger partial charge in [0.05, 0.1) is 18.1 Å². The fourth-order valence-electron chi connectivity index (χ4n) is 2.66. The van der Waals surface area contributed by atoms with Crippen LogP contribution < -0.4 is 0 Å². The molecule has 0 saturated heterocycles. The molecule has 0 unspecified atom stereocenters. The van der Waals surface area contributed by atoms with Gasteiger partial charge in [0.2, 0.25) is 0 Å². The summed E-state index contributed by atoms with van der Waals surface area (Å²) >= 11 is 0. The highest BCUT2D eigenvalue weighted by Gasteiger charge is 2.35. The van der Waals surface area contributed by atoms with Gasteiger partial charge in [-0.2, -0.15) is 0 Å². The Morgan fingerprint density at radius 2 is 2.00 bits per heavy atom. The van der Waals surface area contributed by atoms with Gasteiger partial charge in [0.25, 0.3) is 0 Å². The van der Waals surface area contributed by atoms with Crippen LogP contribution in [-0.4, -0.2) is 28.2 Å². The SMILES string of the molecule is O=C1CCC[C@H](O)[C@H]1[C@@H](O)CCc1ccccc1. The smallest absolute Gasteiger partial charge is 0.141 e. The van der Waals surface area contributed by atoms with Crippen LogP contribution >= 0.6 is 0 Å². The second-order valence-corrected chi connectivity index (χ2v) is 5.04. The first kappa shape index (κ1) is 13.2. The average Bonchev–Trinajstić information content (AvgIpc) is 2.37. The summed E-state index contributed by atoms with van der Waals surface area (Å²) in [4.78, 5) is 11.7. The van der Waals surface area contributed by atoms with Crippen LogP contribution in [0.15, 0.2) is 30.3 Å². The molecule has 18 heavy (non-hydrogen) atoms. The van der Waals surface area contributed by atoms with E-state index in [4.69, 9.17) is 0 Å². The predicted molar refractivity (Wildman–Crippen MR) is 69.1 cm³/mol. The molecule has 2 rings (SSSR count). The maximum atomic E-state index is 11.7. The molecule has 1 aromatic carbocycles. The number of ketones is 1. The first-order valence-corrected chi connectivity index (χ1v) is 6.61. The quantitative estimate of drug-likeness (QED) is 0.853. The first-order chi connectivity index (χ1) is 8.68. The van der Waals surface area contributed by atoms with E-state index in [1.54, 1.807) is 0 Å². The minimum atomic E-state index is -0.729. The number of hydrogen-bond acceptors (Lipinski definition) is 3. The number of Topliss-reactive ketones (excluding diaryl/α,β-unsaturated/α-hetero) is 1. The summed E-state index contributed by atoms with van der Waals surface area (Å²) in [6.45, 7) is 0. The van der Waals surface area contributed by atoms with E-state index in [1.165, 1.54) is 0 Å². The van der Waals surface area contributed by atoms with Gasteiger partial charge in [-0.3, -0.25) is 4.79 Å². The number of carbonyl (C=O) groups is 1. The summed E-state index contributed by atoms with van der Waals surface area (Å²) in [7, 11) is 0. The molecule has 1 aliphatic rings. The number of hydrogen-bond donors (Lipinski definition) is 2. The molecule has 2 N–H and O–H groups in total. The van der Waals surface area contributed by atoms with Gasteiger partial charge >= 0.3 is 0 Å². The van der Waals surface area contributed by atoms with Crippen molar-refractivity contribution in [2.75, 3.05) is 0 Å². The van der Waals surface area contributed by atoms with E-state index < -0.39 is 18.1 Å². The summed E-state index contributed by atoms with van der Waals surface area (Å²) in [5.74, 6) is -0.572. The molecule has 1 aliphatic carbocycles. The van der Waals surface area contributed by atoms with Crippen LogP contribution in [0.1, 0.15) is 31.2 Å². The second-order valence-electron chi connectivity index (χ2n) is 5.04. The van der Waals surface area contributed by atoms with Crippen LogP contribution in [0, 0.1) is 5.92 Å². The van der Waals surface area contributed by atoms with Crippen molar-refractivity contribution in [3.8, 4) is 0 Å². The van der Waals surface area contributed by atoms with Gasteiger partial charge in [-0.1, -0.05) is 30.3 Å². The van der Waals surface area contributed by atoms with Crippen LogP contribution in [0.2, 0.25) is 0 Å². The Kier molecular flexibility index (Phi) is 4.50. The molecule has 1 saturated carbocycles. The van der Waals surface area contributed by atoms with Crippen molar-refractivity contribution >= 4 is 5.78 Å². The largest absolute Gasteiger partial charge is 0.392 e. The minimum Gasteiger partial charge on any atom is -0.392 e. The molecule has 1 aromatic rings. The molecule has 1 fully saturated rings. The summed E-state index contributed by atoms with van der Waals surface area (Å²) in [5.41, 5.74) is 1.15. The van der Waals surface area contributed by atoms with Crippen LogP contribution in [0.5, 0.6) is 0 Å². The maximum absolute atomic E-state index is 11.7. The molecule has 0 spiro atoms. The third-order valence-corrected chi connectivity index (χ3v) is 3.70. The molecule has 3 nitrogen and oxygen atoms in total. The van der Waals surface area contributed by atoms with Crippen molar-refractivity contribution in [1.82, 2.24) is 0 Å². The molecule has 0 bridgehead atoms. The summed E-state index contributed by atoms with van der Waals surface area (Å²) < 4.78 is 0. The first-order valence-electron chi connectivity index (χ1n) is 6.61. The third-order valence-electron chi connectivity index (χ3n) is 3.70. The Bertz CT molecular complexity index is 388. The van der Waals surface area contributed by atoms with E-state index in [2.05, 4.69) is 0 Å². The number of rotatable bonds is 4. The van der Waals surface area contributed by atoms with Gasteiger partial charge in [0, 0.05) is 6.42 Å². The standard InChI is InChI=1S/C15H20O3/c16-12-7-4-8-13(17)15(12)14(18)10-9-11-5-2-1-3-6-11/h1-3,5-6,12,14-16,18H,4,7-10H2/t12-,14-,15+/m0/s1. The highest BCUT2D eigenvalue weighted by molar-refractivity contribution is 5.82. The zero-order chi connectivity index (χ0) is 13.0. The predicted octanol–water partition coefficient (Wildman–Crippen LogP) is 1.71. The van der Waals surface area contributed by atoms with Crippen LogP contribution in [-0.2, 0) is 11.2 Å². The molecular weight excluding hydrogens is 228 g/mol. The summed E-state index contributed by atoms with van der Waals surface area (Å²) in [6, 6.07) is 9.89. The molecule has 0 amide bonds. The fourth-order valence-corrected chi connectivity index (χ4v) is 2.66. The van der Waals surface area contributed by atoms with Crippen LogP contribution in [0.4, 0.5) is 0 Å². The monoisotopic (exact) mass is 248 g/mol. The molecule has 0 radical (unpaired) electrons. The zero-order valence-corrected chi connectivity index (χ0v) is 10.5. The Morgan fingerprint density at radius 1 is 1.28 bits per heavy atom. The lowest BCUT2D eigenvalue weighted by atomic mass is 9.80. The normalized spacial score (nSPS) is 26.0. The third kappa shape index (κ3) is 3.18. The fraction of sp³-hybridized carbons (Fsp3) is 0.533. The average molecular weight is 248 g/mol. The molecule has 0 heterocycles. The zero-order valence-electron chi connectivity index (χ0n) is 10.5. The molecule has 0 aliphatic heterocycles. The molecule has 3 heteroatoms. The van der Waals surface area contributed by atoms with Crippen LogP contribution in [0.3, 0.4) is 0 Å². The Morgan fingerprint density at radius 3 is 2.67 bits per heavy atom. The summed E-state index contributed by atoms with van der Waals surface area (Å²) in [6.07, 6.45) is 1.71. The van der Waals surface area contributed by atoms with Gasteiger partial charge < -0.3 is 10.2 Å². The topological polar surface area (TPSA) is 57.5 Å². The number of aliphatic hydroxyl groups excluding tert-OH is 2. The summed E-state index contributed by atoms with van der Waals surface area (Å²) in [5, 5.41) is 19.9. The Balaban J connectivity index is 1.91. The molecule has 0 aromatic heterocycles. The van der Waals surface area contributed by atoms with Crippen molar-refractivity contribution in [3.05, 3.63) is 35.9 Å². The van der Waals surface area contributed by atoms with E-state index in [1.807, 2.05) is 30.3 Å². The van der Waals surface area contributed by atoms with Crippen molar-refractivity contribution in [2.45, 2.75) is 44.3 Å². The molecule has 3 atom stereocenters. The van der Waals surface area contributed by atoms with Gasteiger partial charge in [-0.05, 0) is 31.2 Å². The second kappa shape index (κ2) is 6.12. The number of carbonyl (C=O) groups excluding carboxylic acids is 1. The van der Waals surface area contributed by atoms with Crippen molar-refractivity contribution in [3.63, 3.8) is 0 Å². The Hall–Kier alpha value is -1.19. The number of aryl methyl sites for hydroxylation is 1. The molecule has 98 valence electrons.